The lowest BCUT2D eigenvalue weighted by Crippen LogP contribution is -2.36. The van der Waals surface area contributed by atoms with Crippen molar-refractivity contribution in [1.82, 2.24) is 9.97 Å². The van der Waals surface area contributed by atoms with E-state index in [2.05, 4.69) is 32.3 Å². The van der Waals surface area contributed by atoms with Gasteiger partial charge in [0, 0.05) is 25.3 Å². The number of morpholine rings is 1. The van der Waals surface area contributed by atoms with E-state index in [1.54, 1.807) is 6.07 Å². The Bertz CT molecular complexity index is 932. The van der Waals surface area contributed by atoms with Crippen molar-refractivity contribution < 1.29 is 4.74 Å². The standard InChI is InChI=1S/C19H20N4O2/c24-18-15-6-2-3-7-16(15)21-19(22-18)20-13-14-5-1-4-8-17(14)23-9-11-25-12-10-23/h1-8H,9-13H2,(H2,20,21,22,24). The second kappa shape index (κ2) is 6.94. The number of hydrogen-bond acceptors (Lipinski definition) is 5. The van der Waals surface area contributed by atoms with E-state index in [4.69, 9.17) is 4.74 Å². The molecule has 1 aliphatic heterocycles. The first-order chi connectivity index (χ1) is 12.3. The average Bonchev–Trinajstić information content (AvgIpc) is 2.67. The monoisotopic (exact) mass is 336 g/mol. The quantitative estimate of drug-likeness (QED) is 0.765. The van der Waals surface area contributed by atoms with Gasteiger partial charge >= 0.3 is 0 Å². The van der Waals surface area contributed by atoms with Crippen LogP contribution in [0.15, 0.2) is 53.3 Å². The Morgan fingerprint density at radius 1 is 1.08 bits per heavy atom. The van der Waals surface area contributed by atoms with Gasteiger partial charge in [0.25, 0.3) is 5.56 Å². The Morgan fingerprint density at radius 3 is 2.72 bits per heavy atom. The van der Waals surface area contributed by atoms with Crippen LogP contribution >= 0.6 is 0 Å². The van der Waals surface area contributed by atoms with Gasteiger partial charge in [0.1, 0.15) is 0 Å². The molecule has 0 amide bonds. The van der Waals surface area contributed by atoms with Crippen LogP contribution in [0.2, 0.25) is 0 Å². The highest BCUT2D eigenvalue weighted by Crippen LogP contribution is 2.22. The molecule has 25 heavy (non-hydrogen) atoms. The lowest BCUT2D eigenvalue weighted by Gasteiger charge is -2.30. The van der Waals surface area contributed by atoms with Gasteiger partial charge in [-0.3, -0.25) is 9.78 Å². The first kappa shape index (κ1) is 15.7. The number of benzene rings is 2. The van der Waals surface area contributed by atoms with Crippen LogP contribution in [0.3, 0.4) is 0 Å². The van der Waals surface area contributed by atoms with Gasteiger partial charge in [-0.15, -0.1) is 0 Å². The summed E-state index contributed by atoms with van der Waals surface area (Å²) in [4.78, 5) is 21.8. The van der Waals surface area contributed by atoms with Gasteiger partial charge in [0.2, 0.25) is 5.95 Å². The molecule has 1 aliphatic rings. The molecule has 0 bridgehead atoms. The molecular weight excluding hydrogens is 316 g/mol. The van der Waals surface area contributed by atoms with Crippen molar-refractivity contribution in [1.29, 1.82) is 0 Å². The number of ether oxygens (including phenoxy) is 1. The summed E-state index contributed by atoms with van der Waals surface area (Å²) >= 11 is 0. The summed E-state index contributed by atoms with van der Waals surface area (Å²) in [6, 6.07) is 15.6. The van der Waals surface area contributed by atoms with Crippen LogP contribution in [0.4, 0.5) is 11.6 Å². The zero-order chi connectivity index (χ0) is 17.1. The Balaban J connectivity index is 1.56. The minimum Gasteiger partial charge on any atom is -0.378 e. The van der Waals surface area contributed by atoms with Gasteiger partial charge < -0.3 is 15.0 Å². The Labute approximate surface area is 145 Å². The van der Waals surface area contributed by atoms with Crippen LogP contribution in [0.1, 0.15) is 5.56 Å². The van der Waals surface area contributed by atoms with Crippen molar-refractivity contribution in [2.75, 3.05) is 36.5 Å². The Morgan fingerprint density at radius 2 is 1.84 bits per heavy atom. The summed E-state index contributed by atoms with van der Waals surface area (Å²) in [6.45, 7) is 3.88. The van der Waals surface area contributed by atoms with E-state index in [-0.39, 0.29) is 5.56 Å². The Kier molecular flexibility index (Phi) is 4.35. The molecule has 2 heterocycles. The number of fused-ring (bicyclic) bond motifs is 1. The van der Waals surface area contributed by atoms with Crippen molar-refractivity contribution in [2.24, 2.45) is 0 Å². The van der Waals surface area contributed by atoms with Crippen molar-refractivity contribution in [3.05, 3.63) is 64.4 Å². The molecule has 0 atom stereocenters. The number of nitrogens with one attached hydrogen (secondary N) is 2. The lowest BCUT2D eigenvalue weighted by atomic mass is 10.1. The average molecular weight is 336 g/mol. The van der Waals surface area contributed by atoms with Crippen molar-refractivity contribution >= 4 is 22.5 Å². The van der Waals surface area contributed by atoms with E-state index < -0.39 is 0 Å². The SMILES string of the molecule is O=c1[nH]c(NCc2ccccc2N2CCOCC2)nc2ccccc12. The second-order valence-electron chi connectivity index (χ2n) is 6.01. The molecule has 0 saturated carbocycles. The minimum absolute atomic E-state index is 0.130. The highest BCUT2D eigenvalue weighted by Gasteiger charge is 2.14. The molecule has 0 radical (unpaired) electrons. The molecular formula is C19H20N4O2. The molecule has 6 heteroatoms. The number of para-hydroxylation sites is 2. The van der Waals surface area contributed by atoms with Crippen LogP contribution in [0.25, 0.3) is 10.9 Å². The molecule has 3 aromatic rings. The van der Waals surface area contributed by atoms with Gasteiger partial charge in [-0.2, -0.15) is 0 Å². The number of aromatic amines is 1. The summed E-state index contributed by atoms with van der Waals surface area (Å²) in [5, 5.41) is 3.85. The third-order valence-corrected chi connectivity index (χ3v) is 4.40. The smallest absolute Gasteiger partial charge is 0.260 e. The topological polar surface area (TPSA) is 70.2 Å². The van der Waals surface area contributed by atoms with E-state index in [1.807, 2.05) is 30.3 Å². The molecule has 2 aromatic carbocycles. The fourth-order valence-corrected chi connectivity index (χ4v) is 3.12. The lowest BCUT2D eigenvalue weighted by molar-refractivity contribution is 0.122. The van der Waals surface area contributed by atoms with Gasteiger partial charge in [-0.25, -0.2) is 4.98 Å². The zero-order valence-corrected chi connectivity index (χ0v) is 13.9. The third-order valence-electron chi connectivity index (χ3n) is 4.40. The van der Waals surface area contributed by atoms with Crippen molar-refractivity contribution in [3.8, 4) is 0 Å². The maximum Gasteiger partial charge on any atom is 0.260 e. The molecule has 4 rings (SSSR count). The summed E-state index contributed by atoms with van der Waals surface area (Å²) in [7, 11) is 0. The first-order valence-electron chi connectivity index (χ1n) is 8.45. The molecule has 0 unspecified atom stereocenters. The van der Waals surface area contributed by atoms with Gasteiger partial charge in [0.05, 0.1) is 24.1 Å². The molecule has 1 aromatic heterocycles. The summed E-state index contributed by atoms with van der Waals surface area (Å²) in [5.74, 6) is 0.487. The molecule has 6 nitrogen and oxygen atoms in total. The molecule has 0 spiro atoms. The molecule has 1 fully saturated rings. The summed E-state index contributed by atoms with van der Waals surface area (Å²) in [6.07, 6.45) is 0. The predicted octanol–water partition coefficient (Wildman–Crippen LogP) is 2.37. The van der Waals surface area contributed by atoms with Crippen LogP contribution in [0.5, 0.6) is 0 Å². The van der Waals surface area contributed by atoms with E-state index in [0.29, 0.717) is 23.4 Å². The van der Waals surface area contributed by atoms with Crippen LogP contribution < -0.4 is 15.8 Å². The van der Waals surface area contributed by atoms with Gasteiger partial charge in [-0.05, 0) is 23.8 Å². The van der Waals surface area contributed by atoms with Crippen LogP contribution in [-0.4, -0.2) is 36.3 Å². The number of nitrogens with zero attached hydrogens (tertiary/aromatic N) is 2. The van der Waals surface area contributed by atoms with Crippen molar-refractivity contribution in [3.63, 3.8) is 0 Å². The number of anilines is 2. The first-order valence-corrected chi connectivity index (χ1v) is 8.45. The number of rotatable bonds is 4. The largest absolute Gasteiger partial charge is 0.378 e. The molecule has 0 aliphatic carbocycles. The second-order valence-corrected chi connectivity index (χ2v) is 6.01. The molecule has 128 valence electrons. The van der Waals surface area contributed by atoms with Crippen LogP contribution in [-0.2, 0) is 11.3 Å². The van der Waals surface area contributed by atoms with E-state index in [1.165, 1.54) is 11.3 Å². The van der Waals surface area contributed by atoms with Gasteiger partial charge in [0.15, 0.2) is 0 Å². The molecule has 1 saturated heterocycles. The fourth-order valence-electron chi connectivity index (χ4n) is 3.12. The summed E-state index contributed by atoms with van der Waals surface area (Å²) < 4.78 is 5.44. The summed E-state index contributed by atoms with van der Waals surface area (Å²) in [5.41, 5.74) is 2.92. The highest BCUT2D eigenvalue weighted by atomic mass is 16.5. The maximum absolute atomic E-state index is 12.2. The van der Waals surface area contributed by atoms with Crippen molar-refractivity contribution in [2.45, 2.75) is 6.54 Å². The minimum atomic E-state index is -0.130. The number of aromatic nitrogens is 2. The predicted molar refractivity (Wildman–Crippen MR) is 99.2 cm³/mol. The van der Waals surface area contributed by atoms with E-state index in [9.17, 15) is 4.79 Å². The molecule has 2 N–H and O–H groups in total. The zero-order valence-electron chi connectivity index (χ0n) is 13.9. The van der Waals surface area contributed by atoms with E-state index in [0.717, 1.165) is 26.3 Å². The fraction of sp³-hybridized carbons (Fsp3) is 0.263. The van der Waals surface area contributed by atoms with Crippen LogP contribution in [0, 0.1) is 0 Å². The Hall–Kier alpha value is -2.86. The normalized spacial score (nSPS) is 14.6. The number of hydrogen-bond donors (Lipinski definition) is 2. The maximum atomic E-state index is 12.2. The van der Waals surface area contributed by atoms with E-state index >= 15 is 0 Å². The van der Waals surface area contributed by atoms with Gasteiger partial charge in [-0.1, -0.05) is 30.3 Å². The number of H-pyrrole nitrogens is 1. The third kappa shape index (κ3) is 3.34. The highest BCUT2D eigenvalue weighted by molar-refractivity contribution is 5.78.